The van der Waals surface area contributed by atoms with Crippen LogP contribution in [-0.2, 0) is 0 Å². The van der Waals surface area contributed by atoms with Crippen LogP contribution >= 0.6 is 28.3 Å². The number of rotatable bonds is 2. The minimum absolute atomic E-state index is 0.000347. The van der Waals surface area contributed by atoms with E-state index in [0.717, 1.165) is 0 Å². The normalized spacial score (nSPS) is 12.1. The van der Waals surface area contributed by atoms with Crippen LogP contribution in [0.4, 0.5) is 3.89 Å². The number of halogens is 2. The molecule has 0 aromatic carbocycles. The van der Waals surface area contributed by atoms with Gasteiger partial charge in [0.1, 0.15) is 10.1 Å². The van der Waals surface area contributed by atoms with Gasteiger partial charge in [-0.15, -0.1) is 3.89 Å². The number of aromatic nitrogens is 3. The highest BCUT2D eigenvalue weighted by Gasteiger charge is 2.27. The molecule has 0 aliphatic heterocycles. The predicted octanol–water partition coefficient (Wildman–Crippen LogP) is 3.80. The Hall–Kier alpha value is -0.950. The number of carbonyl (C=O) groups is 1. The van der Waals surface area contributed by atoms with Crippen molar-refractivity contribution in [2.75, 3.05) is 0 Å². The van der Waals surface area contributed by atoms with Gasteiger partial charge in [0.2, 0.25) is 0 Å². The second-order valence-electron chi connectivity index (χ2n) is 4.88. The van der Waals surface area contributed by atoms with Gasteiger partial charge in [-0.05, 0) is 15.9 Å². The number of fused-ring (bicyclic) bond motifs is 1. The van der Waals surface area contributed by atoms with Gasteiger partial charge in [0.05, 0.1) is 11.8 Å². The topological polar surface area (TPSA) is 47.8 Å². The highest BCUT2D eigenvalue weighted by Crippen LogP contribution is 2.29. The van der Waals surface area contributed by atoms with Gasteiger partial charge in [-0.1, -0.05) is 20.8 Å². The lowest BCUT2D eigenvalue weighted by Gasteiger charge is -2.15. The molecule has 2 aromatic rings. The van der Waals surface area contributed by atoms with Crippen molar-refractivity contribution in [1.82, 2.24) is 13.9 Å². The van der Waals surface area contributed by atoms with Crippen molar-refractivity contribution in [2.45, 2.75) is 20.8 Å². The van der Waals surface area contributed by atoms with Gasteiger partial charge < -0.3 is 0 Å². The van der Waals surface area contributed by atoms with E-state index in [-0.39, 0.29) is 18.1 Å². The lowest BCUT2D eigenvalue weighted by Crippen LogP contribution is -2.20. The third-order valence-electron chi connectivity index (χ3n) is 2.43. The second kappa shape index (κ2) is 4.62. The first-order valence-corrected chi connectivity index (χ1v) is 6.68. The molecule has 0 spiro atoms. The molecule has 0 saturated carbocycles. The molecule has 18 heavy (non-hydrogen) atoms. The molecule has 0 atom stereocenters. The third kappa shape index (κ3) is 2.29. The highest BCUT2D eigenvalue weighted by molar-refractivity contribution is 9.10. The van der Waals surface area contributed by atoms with Gasteiger partial charge >= 0.3 is 0 Å². The van der Waals surface area contributed by atoms with Crippen molar-refractivity contribution >= 4 is 45.2 Å². The van der Waals surface area contributed by atoms with E-state index in [1.807, 2.05) is 20.8 Å². The quantitative estimate of drug-likeness (QED) is 0.785. The summed E-state index contributed by atoms with van der Waals surface area (Å²) in [7, 11) is 0. The summed E-state index contributed by atoms with van der Waals surface area (Å²) in [5.74, 6) is -0.0901. The Morgan fingerprint density at radius 2 is 2.17 bits per heavy atom. The lowest BCUT2D eigenvalue weighted by atomic mass is 9.87. The van der Waals surface area contributed by atoms with Gasteiger partial charge in [-0.25, -0.2) is 13.9 Å². The molecule has 0 saturated heterocycles. The number of nitrogens with zero attached hydrogens (tertiary/aromatic N) is 3. The zero-order valence-corrected chi connectivity index (χ0v) is 12.5. The molecule has 0 N–H and O–H groups in total. The van der Waals surface area contributed by atoms with Crippen molar-refractivity contribution in [1.29, 1.82) is 0 Å². The minimum Gasteiger partial charge on any atom is -0.293 e. The maximum Gasteiger partial charge on any atom is 0.172 e. The summed E-state index contributed by atoms with van der Waals surface area (Å²) >= 11 is 3.20. The summed E-state index contributed by atoms with van der Waals surface area (Å²) in [6.45, 7) is 5.44. The van der Waals surface area contributed by atoms with Gasteiger partial charge in [-0.3, -0.25) is 4.79 Å². The van der Waals surface area contributed by atoms with Crippen LogP contribution in [0.5, 0.6) is 0 Å². The van der Waals surface area contributed by atoms with E-state index in [0.29, 0.717) is 21.3 Å². The average Bonchev–Trinajstić information content (AvgIpc) is 2.64. The van der Waals surface area contributed by atoms with E-state index in [1.54, 1.807) is 0 Å². The maximum atomic E-state index is 12.8. The van der Waals surface area contributed by atoms with Gasteiger partial charge in [-0.2, -0.15) is 0 Å². The first-order valence-electron chi connectivity index (χ1n) is 5.22. The lowest BCUT2D eigenvalue weighted by molar-refractivity contribution is 0.0860. The first kappa shape index (κ1) is 13.5. The summed E-state index contributed by atoms with van der Waals surface area (Å²) in [6, 6.07) is 0. The van der Waals surface area contributed by atoms with E-state index < -0.39 is 5.41 Å². The zero-order valence-electron chi connectivity index (χ0n) is 10.1. The van der Waals surface area contributed by atoms with E-state index >= 15 is 0 Å². The van der Waals surface area contributed by atoms with Crippen molar-refractivity contribution in [3.63, 3.8) is 0 Å². The molecule has 0 amide bonds. The first-order chi connectivity index (χ1) is 8.34. The summed E-state index contributed by atoms with van der Waals surface area (Å²) in [6.07, 6.45) is 2.91. The monoisotopic (exact) mass is 331 g/mol. The molecule has 2 heterocycles. The molecule has 4 nitrogen and oxygen atoms in total. The minimum atomic E-state index is -0.551. The smallest absolute Gasteiger partial charge is 0.172 e. The summed E-state index contributed by atoms with van der Waals surface area (Å²) in [5, 5.41) is 0. The fourth-order valence-corrected chi connectivity index (χ4v) is 2.19. The Labute approximate surface area is 117 Å². The van der Waals surface area contributed by atoms with Crippen LogP contribution in [0.2, 0.25) is 0 Å². The standard InChI is InChI=1S/C11H11BrFN3OS/c1-11(2,3)9(17)6-5-16(18-13)10-8(6)15-7(12)4-14-10/h4-5H,1-3H3. The summed E-state index contributed by atoms with van der Waals surface area (Å²) in [5.41, 5.74) is 0.591. The second-order valence-corrected chi connectivity index (χ2v) is 6.23. The molecule has 7 heteroatoms. The molecule has 96 valence electrons. The molecule has 0 aliphatic carbocycles. The SMILES string of the molecule is CC(C)(C)C(=O)c1cn(SF)c2ncc(Br)nc12. The Bertz CT molecular complexity index is 621. The summed E-state index contributed by atoms with van der Waals surface area (Å²) in [4.78, 5) is 20.6. The molecule has 2 rings (SSSR count). The van der Waals surface area contributed by atoms with E-state index in [9.17, 15) is 8.68 Å². The number of carbonyl (C=O) groups excluding carboxylic acids is 1. The fraction of sp³-hybridized carbons (Fsp3) is 0.364. The molecule has 2 aromatic heterocycles. The summed E-state index contributed by atoms with van der Waals surface area (Å²) < 4.78 is 14.5. The van der Waals surface area contributed by atoms with Gasteiger partial charge in [0.15, 0.2) is 23.8 Å². The van der Waals surface area contributed by atoms with E-state index in [4.69, 9.17) is 0 Å². The molecule has 0 radical (unpaired) electrons. The Kier molecular flexibility index (Phi) is 3.46. The molecule has 0 bridgehead atoms. The number of hydrogen-bond donors (Lipinski definition) is 0. The predicted molar refractivity (Wildman–Crippen MR) is 73.1 cm³/mol. The van der Waals surface area contributed by atoms with Crippen molar-refractivity contribution < 1.29 is 8.68 Å². The van der Waals surface area contributed by atoms with Crippen molar-refractivity contribution in [3.8, 4) is 0 Å². The van der Waals surface area contributed by atoms with Crippen LogP contribution in [0.3, 0.4) is 0 Å². The van der Waals surface area contributed by atoms with Crippen LogP contribution in [0.25, 0.3) is 11.2 Å². The highest BCUT2D eigenvalue weighted by atomic mass is 79.9. The molecular weight excluding hydrogens is 321 g/mol. The van der Waals surface area contributed by atoms with Crippen LogP contribution in [0.1, 0.15) is 31.1 Å². The molecule has 0 aliphatic rings. The Balaban J connectivity index is 2.71. The average molecular weight is 332 g/mol. The molecule has 0 fully saturated rings. The number of Topliss-reactive ketones (excluding diaryl/α,β-unsaturated/α-hetero) is 1. The molecular formula is C11H11BrFN3OS. The van der Waals surface area contributed by atoms with E-state index in [1.165, 1.54) is 16.4 Å². The van der Waals surface area contributed by atoms with Crippen LogP contribution in [0.15, 0.2) is 17.0 Å². The van der Waals surface area contributed by atoms with Crippen molar-refractivity contribution in [2.24, 2.45) is 5.41 Å². The van der Waals surface area contributed by atoms with Gasteiger partial charge in [0.25, 0.3) is 0 Å². The molecule has 0 unspecified atom stereocenters. The Morgan fingerprint density at radius 1 is 1.50 bits per heavy atom. The largest absolute Gasteiger partial charge is 0.293 e. The zero-order chi connectivity index (χ0) is 13.5. The number of ketones is 1. The van der Waals surface area contributed by atoms with Crippen LogP contribution in [0, 0.1) is 5.41 Å². The van der Waals surface area contributed by atoms with Crippen LogP contribution < -0.4 is 0 Å². The third-order valence-corrected chi connectivity index (χ3v) is 3.24. The number of hydrogen-bond acceptors (Lipinski definition) is 4. The van der Waals surface area contributed by atoms with E-state index in [2.05, 4.69) is 25.9 Å². The van der Waals surface area contributed by atoms with Gasteiger partial charge in [0, 0.05) is 11.6 Å². The maximum absolute atomic E-state index is 12.8. The fourth-order valence-electron chi connectivity index (χ4n) is 1.57. The van der Waals surface area contributed by atoms with Crippen LogP contribution in [-0.4, -0.2) is 19.7 Å². The van der Waals surface area contributed by atoms with Crippen molar-refractivity contribution in [3.05, 3.63) is 22.6 Å². The Morgan fingerprint density at radius 3 is 2.72 bits per heavy atom.